The van der Waals surface area contributed by atoms with Crippen molar-refractivity contribution < 1.29 is 4.42 Å². The quantitative estimate of drug-likeness (QED) is 0.864. The molecule has 0 aliphatic heterocycles. The molecule has 0 aliphatic rings. The first kappa shape index (κ1) is 10.2. The second-order valence-corrected chi connectivity index (χ2v) is 4.55. The largest absolute Gasteiger partial charge is 0.469 e. The van der Waals surface area contributed by atoms with Crippen molar-refractivity contribution in [1.29, 1.82) is 0 Å². The van der Waals surface area contributed by atoms with Crippen LogP contribution in [0.3, 0.4) is 0 Å². The lowest BCUT2D eigenvalue weighted by atomic mass is 10.2. The number of hydrogen-bond acceptors (Lipinski definition) is 4. The Hall–Kier alpha value is -1.29. The Bertz CT molecular complexity index is 420. The average Bonchev–Trinajstić information content (AvgIpc) is 2.84. The van der Waals surface area contributed by atoms with Crippen molar-refractivity contribution in [1.82, 2.24) is 4.98 Å². The summed E-state index contributed by atoms with van der Waals surface area (Å²) in [5.74, 6) is 1.02. The van der Waals surface area contributed by atoms with E-state index in [-0.39, 0.29) is 0 Å². The van der Waals surface area contributed by atoms with Gasteiger partial charge in [0.05, 0.1) is 12.0 Å². The number of aromatic nitrogens is 1. The van der Waals surface area contributed by atoms with Gasteiger partial charge in [-0.2, -0.15) is 0 Å². The molecular formula is C11H14N2OS. The topological polar surface area (TPSA) is 38.1 Å². The molecule has 0 atom stereocenters. The highest BCUT2D eigenvalue weighted by molar-refractivity contribution is 7.15. The summed E-state index contributed by atoms with van der Waals surface area (Å²) in [5, 5.41) is 4.05. The summed E-state index contributed by atoms with van der Waals surface area (Å²) in [5.41, 5.74) is 1.17. The molecule has 2 heterocycles. The molecule has 15 heavy (non-hydrogen) atoms. The van der Waals surface area contributed by atoms with Gasteiger partial charge >= 0.3 is 0 Å². The van der Waals surface area contributed by atoms with Crippen LogP contribution >= 0.6 is 11.3 Å². The third kappa shape index (κ3) is 2.39. The van der Waals surface area contributed by atoms with E-state index in [2.05, 4.69) is 17.2 Å². The Labute approximate surface area is 93.2 Å². The molecule has 3 nitrogen and oxygen atoms in total. The molecule has 0 aromatic carbocycles. The van der Waals surface area contributed by atoms with Crippen molar-refractivity contribution in [2.24, 2.45) is 0 Å². The number of nitrogens with one attached hydrogen (secondary N) is 1. The minimum atomic E-state index is 0.917. The highest BCUT2D eigenvalue weighted by Gasteiger charge is 2.07. The predicted octanol–water partition coefficient (Wildman–Crippen LogP) is 2.87. The van der Waals surface area contributed by atoms with Crippen LogP contribution in [-0.2, 0) is 12.8 Å². The number of nitrogens with zero attached hydrogens (tertiary/aromatic N) is 1. The van der Waals surface area contributed by atoms with Crippen molar-refractivity contribution in [3.05, 3.63) is 34.7 Å². The Balaban J connectivity index is 2.01. The molecular weight excluding hydrogens is 208 g/mol. The van der Waals surface area contributed by atoms with E-state index in [4.69, 9.17) is 4.42 Å². The fourth-order valence-electron chi connectivity index (χ4n) is 1.46. The molecule has 1 N–H and O–H groups in total. The fraction of sp³-hybridized carbons (Fsp3) is 0.364. The summed E-state index contributed by atoms with van der Waals surface area (Å²) >= 11 is 1.70. The molecule has 0 saturated heterocycles. The van der Waals surface area contributed by atoms with E-state index in [9.17, 15) is 0 Å². The number of aryl methyl sites for hydroxylation is 3. The molecule has 0 bridgehead atoms. The Morgan fingerprint density at radius 2 is 2.33 bits per heavy atom. The molecule has 0 spiro atoms. The molecule has 0 saturated carbocycles. The molecule has 0 amide bonds. The second-order valence-electron chi connectivity index (χ2n) is 3.35. The van der Waals surface area contributed by atoms with Gasteiger partial charge in [0.2, 0.25) is 0 Å². The van der Waals surface area contributed by atoms with E-state index in [0.29, 0.717) is 0 Å². The lowest BCUT2D eigenvalue weighted by Crippen LogP contribution is -1.93. The highest BCUT2D eigenvalue weighted by atomic mass is 32.1. The zero-order valence-corrected chi connectivity index (χ0v) is 9.73. The maximum Gasteiger partial charge on any atom is 0.182 e. The summed E-state index contributed by atoms with van der Waals surface area (Å²) in [6, 6.07) is 3.92. The van der Waals surface area contributed by atoms with Gasteiger partial charge in [-0.25, -0.2) is 4.98 Å². The van der Waals surface area contributed by atoms with Crippen LogP contribution in [0.1, 0.15) is 16.3 Å². The van der Waals surface area contributed by atoms with Crippen LogP contribution in [0.15, 0.2) is 22.8 Å². The smallest absolute Gasteiger partial charge is 0.182 e. The van der Waals surface area contributed by atoms with E-state index in [1.54, 1.807) is 17.6 Å². The minimum absolute atomic E-state index is 0.917. The van der Waals surface area contributed by atoms with Gasteiger partial charge in [-0.1, -0.05) is 0 Å². The van der Waals surface area contributed by atoms with Crippen LogP contribution in [0.2, 0.25) is 0 Å². The maximum absolute atomic E-state index is 5.29. The van der Waals surface area contributed by atoms with Crippen LogP contribution < -0.4 is 5.32 Å². The van der Waals surface area contributed by atoms with Crippen LogP contribution in [0, 0.1) is 6.92 Å². The molecule has 0 fully saturated rings. The lowest BCUT2D eigenvalue weighted by Gasteiger charge is -1.95. The summed E-state index contributed by atoms with van der Waals surface area (Å²) in [6.45, 7) is 2.11. The molecule has 80 valence electrons. The van der Waals surface area contributed by atoms with Crippen molar-refractivity contribution in [3.8, 4) is 0 Å². The summed E-state index contributed by atoms with van der Waals surface area (Å²) in [4.78, 5) is 5.78. The van der Waals surface area contributed by atoms with E-state index >= 15 is 0 Å². The average molecular weight is 222 g/mol. The standard InChI is InChI=1S/C11H14N2OS/c1-8-10(13-11(12-2)15-8)6-5-9-4-3-7-14-9/h3-4,7H,5-6H2,1-2H3,(H,12,13). The Kier molecular flexibility index (Phi) is 3.06. The predicted molar refractivity (Wildman–Crippen MR) is 62.5 cm³/mol. The third-order valence-electron chi connectivity index (χ3n) is 2.29. The number of furan rings is 1. The third-order valence-corrected chi connectivity index (χ3v) is 3.33. The lowest BCUT2D eigenvalue weighted by molar-refractivity contribution is 0.507. The van der Waals surface area contributed by atoms with Crippen LogP contribution in [0.25, 0.3) is 0 Å². The molecule has 4 heteroatoms. The van der Waals surface area contributed by atoms with Crippen LogP contribution in [0.4, 0.5) is 5.13 Å². The van der Waals surface area contributed by atoms with Gasteiger partial charge in [0.1, 0.15) is 5.76 Å². The fourth-order valence-corrected chi connectivity index (χ4v) is 2.28. The molecule has 0 radical (unpaired) electrons. The number of thiazole rings is 1. The van der Waals surface area contributed by atoms with Crippen molar-refractivity contribution in [2.75, 3.05) is 12.4 Å². The van der Waals surface area contributed by atoms with E-state index in [1.165, 1.54) is 10.6 Å². The summed E-state index contributed by atoms with van der Waals surface area (Å²) in [6.07, 6.45) is 3.57. The van der Waals surface area contributed by atoms with Crippen LogP contribution in [-0.4, -0.2) is 12.0 Å². The van der Waals surface area contributed by atoms with Crippen LogP contribution in [0.5, 0.6) is 0 Å². The van der Waals surface area contributed by atoms with Gasteiger partial charge < -0.3 is 9.73 Å². The van der Waals surface area contributed by atoms with Crippen molar-refractivity contribution >= 4 is 16.5 Å². The number of anilines is 1. The molecule has 0 aliphatic carbocycles. The van der Waals surface area contributed by atoms with Gasteiger partial charge in [0.15, 0.2) is 5.13 Å². The van der Waals surface area contributed by atoms with Crippen molar-refractivity contribution in [3.63, 3.8) is 0 Å². The van der Waals surface area contributed by atoms with E-state index in [1.807, 2.05) is 19.2 Å². The number of hydrogen-bond donors (Lipinski definition) is 1. The van der Waals surface area contributed by atoms with Gasteiger partial charge in [-0.05, 0) is 25.5 Å². The molecule has 2 aromatic heterocycles. The minimum Gasteiger partial charge on any atom is -0.469 e. The van der Waals surface area contributed by atoms with Crippen molar-refractivity contribution in [2.45, 2.75) is 19.8 Å². The molecule has 2 rings (SSSR count). The van der Waals surface area contributed by atoms with Gasteiger partial charge in [-0.3, -0.25) is 0 Å². The summed E-state index contributed by atoms with van der Waals surface area (Å²) in [7, 11) is 1.90. The van der Waals surface area contributed by atoms with Gasteiger partial charge in [0, 0.05) is 18.3 Å². The maximum atomic E-state index is 5.29. The molecule has 2 aromatic rings. The highest BCUT2D eigenvalue weighted by Crippen LogP contribution is 2.22. The molecule has 0 unspecified atom stereocenters. The first-order chi connectivity index (χ1) is 7.29. The Morgan fingerprint density at radius 3 is 2.93 bits per heavy atom. The Morgan fingerprint density at radius 1 is 1.47 bits per heavy atom. The number of rotatable bonds is 4. The first-order valence-corrected chi connectivity index (χ1v) is 5.77. The zero-order chi connectivity index (χ0) is 10.7. The summed E-state index contributed by atoms with van der Waals surface area (Å²) < 4.78 is 5.29. The second kappa shape index (κ2) is 4.49. The van der Waals surface area contributed by atoms with Gasteiger partial charge in [0.25, 0.3) is 0 Å². The SMILES string of the molecule is CNc1nc(CCc2ccco2)c(C)s1. The zero-order valence-electron chi connectivity index (χ0n) is 8.91. The van der Waals surface area contributed by atoms with E-state index < -0.39 is 0 Å². The van der Waals surface area contributed by atoms with E-state index in [0.717, 1.165) is 23.7 Å². The monoisotopic (exact) mass is 222 g/mol. The normalized spacial score (nSPS) is 10.5. The first-order valence-electron chi connectivity index (χ1n) is 4.96. The van der Waals surface area contributed by atoms with Gasteiger partial charge in [-0.15, -0.1) is 11.3 Å².